The summed E-state index contributed by atoms with van der Waals surface area (Å²) in [6.07, 6.45) is -11.8. The maximum Gasteiger partial charge on any atom is 0.326 e. The van der Waals surface area contributed by atoms with Gasteiger partial charge >= 0.3 is 5.97 Å². The molecule has 2 aromatic carbocycles. The Morgan fingerprint density at radius 2 is 1.19 bits per heavy atom. The number of benzene rings is 2. The average molecular weight is 966 g/mol. The van der Waals surface area contributed by atoms with Crippen LogP contribution in [0.4, 0.5) is 11.6 Å². The van der Waals surface area contributed by atoms with Crippen molar-refractivity contribution in [2.45, 2.75) is 106 Å². The highest BCUT2D eigenvalue weighted by Crippen LogP contribution is 2.22. The van der Waals surface area contributed by atoms with Gasteiger partial charge in [0.15, 0.2) is 28.4 Å². The summed E-state index contributed by atoms with van der Waals surface area (Å²) in [5, 5.41) is 125. The van der Waals surface area contributed by atoms with Crippen LogP contribution in [0.3, 0.4) is 0 Å². The summed E-state index contributed by atoms with van der Waals surface area (Å²) >= 11 is 5.82. The number of aromatic nitrogens is 2. The normalized spacial score (nSPS) is 15.6. The second-order valence-corrected chi connectivity index (χ2v) is 16.4. The van der Waals surface area contributed by atoms with Crippen molar-refractivity contribution in [1.29, 1.82) is 5.41 Å². The molecule has 0 saturated heterocycles. The van der Waals surface area contributed by atoms with Gasteiger partial charge in [-0.15, -0.1) is 0 Å². The van der Waals surface area contributed by atoms with Gasteiger partial charge in [-0.3, -0.25) is 25.2 Å². The molecule has 23 nitrogen and oxygen atoms in total. The molecule has 0 aliphatic heterocycles. The Kier molecular flexibility index (Phi) is 23.7. The smallest absolute Gasteiger partial charge is 0.326 e. The molecule has 0 fully saturated rings. The molecule has 372 valence electrons. The minimum atomic E-state index is -1.95. The average Bonchev–Trinajstić information content (AvgIpc) is 3.31. The number of unbranched alkanes of at least 4 members (excludes halogenated alkanes) is 2. The van der Waals surface area contributed by atoms with Gasteiger partial charge < -0.3 is 78.3 Å². The van der Waals surface area contributed by atoms with Gasteiger partial charge in [0.25, 0.3) is 5.91 Å². The number of hydrogen-bond donors (Lipinski definition) is 17. The lowest BCUT2D eigenvalue weighted by Gasteiger charge is -2.33. The summed E-state index contributed by atoms with van der Waals surface area (Å²) in [7, 11) is 0. The van der Waals surface area contributed by atoms with Crippen molar-refractivity contribution in [1.82, 2.24) is 30.8 Å². The van der Waals surface area contributed by atoms with Gasteiger partial charge in [-0.25, -0.2) is 14.8 Å². The zero-order valence-corrected chi connectivity index (χ0v) is 37.5. The number of carboxylic acid groups (broad SMARTS) is 1. The fourth-order valence-corrected chi connectivity index (χ4v) is 6.94. The molecule has 0 spiro atoms. The van der Waals surface area contributed by atoms with E-state index >= 15 is 0 Å². The van der Waals surface area contributed by atoms with Crippen molar-refractivity contribution >= 4 is 47.0 Å². The molecule has 0 radical (unpaired) electrons. The van der Waals surface area contributed by atoms with Gasteiger partial charge in [0.1, 0.15) is 42.7 Å². The molecular formula is C43H64ClN9O14. The van der Waals surface area contributed by atoms with E-state index in [0.29, 0.717) is 13.0 Å². The van der Waals surface area contributed by atoms with Crippen molar-refractivity contribution < 1.29 is 70.6 Å². The number of halogens is 1. The Hall–Kier alpha value is -5.15. The lowest BCUT2D eigenvalue weighted by atomic mass is 9.99. The van der Waals surface area contributed by atoms with Crippen LogP contribution >= 0.6 is 11.6 Å². The standard InChI is InChI=1S/C43H64ClN9O14/c44-38-40(46)51-39(45)33(50-38)41(65)52-43(47)48-17-3-1-5-23-7-12-25(13-8-23)26-14-9-24(10-15-26)11-16-32(60)49-27(42(66)67)6-2-4-18-53(19-28(56)34(61)36(63)30(58)21-54)20-29(57)35(62)37(64)31(59)22-55/h7-10,12-15,27-31,34-37,54-59,61-64H,1-6,11,16-22H2,(H,49,60)(H,66,67)(H4,45,46,51)(H3,47,48,52,65)/t27-,28-,29-,30+,31+,34+,35+,36+,37+/m0/s1. The summed E-state index contributed by atoms with van der Waals surface area (Å²) < 4.78 is 0. The third kappa shape index (κ3) is 18.5. The third-order valence-corrected chi connectivity index (χ3v) is 11.1. The second kappa shape index (κ2) is 28.2. The Morgan fingerprint density at radius 3 is 1.70 bits per heavy atom. The number of carboxylic acids is 1. The number of guanidine groups is 1. The first kappa shape index (κ1) is 56.2. The van der Waals surface area contributed by atoms with Crippen molar-refractivity contribution in [3.8, 4) is 11.1 Å². The maximum absolute atomic E-state index is 12.8. The number of carbonyl (C=O) groups excluding carboxylic acids is 2. The number of aliphatic hydroxyl groups is 10. The SMILES string of the molecule is N=C(NCCCCc1ccc(-c2ccc(CCC(=O)N[C@@H](CCCCN(C[C@H](O)[C@@H](O)[C@H](O)[C@H](O)CO)C[C@H](O)[C@@H](O)[C@H](O)[C@H](O)CO)C(=O)O)cc2)cc1)NC(=O)c1nc(Cl)c(N)nc1N. The monoisotopic (exact) mass is 965 g/mol. The number of aliphatic carboxylic acids is 1. The highest BCUT2D eigenvalue weighted by atomic mass is 35.5. The molecule has 0 aliphatic carbocycles. The molecular weight excluding hydrogens is 902 g/mol. The summed E-state index contributed by atoms with van der Waals surface area (Å²) in [4.78, 5) is 46.1. The van der Waals surface area contributed by atoms with E-state index in [2.05, 4.69) is 25.9 Å². The Bertz CT molecular complexity index is 1990. The third-order valence-electron chi connectivity index (χ3n) is 10.8. The minimum Gasteiger partial charge on any atom is -0.480 e. The Labute approximate surface area is 391 Å². The van der Waals surface area contributed by atoms with E-state index in [0.717, 1.165) is 41.5 Å². The summed E-state index contributed by atoms with van der Waals surface area (Å²) in [6.45, 7) is -2.33. The van der Waals surface area contributed by atoms with Crippen molar-refractivity contribution in [2.75, 3.05) is 50.9 Å². The number of rotatable bonds is 29. The molecule has 0 aliphatic rings. The molecule has 67 heavy (non-hydrogen) atoms. The van der Waals surface area contributed by atoms with Crippen LogP contribution in [0.15, 0.2) is 48.5 Å². The van der Waals surface area contributed by atoms with Crippen LogP contribution in [-0.4, -0.2) is 189 Å². The van der Waals surface area contributed by atoms with Crippen LogP contribution in [-0.2, 0) is 22.4 Å². The molecule has 1 aromatic heterocycles. The van der Waals surface area contributed by atoms with Gasteiger partial charge in [-0.1, -0.05) is 60.1 Å². The Morgan fingerprint density at radius 1 is 0.687 bits per heavy atom. The fraction of sp³-hybridized carbons (Fsp3) is 0.535. The minimum absolute atomic E-state index is 0.000494. The first-order valence-corrected chi connectivity index (χ1v) is 21.9. The van der Waals surface area contributed by atoms with Gasteiger partial charge in [0, 0.05) is 26.1 Å². The predicted molar refractivity (Wildman–Crippen MR) is 244 cm³/mol. The number of amides is 2. The topological polar surface area (TPSA) is 415 Å². The number of carbonyl (C=O) groups is 3. The van der Waals surface area contributed by atoms with E-state index in [4.69, 9.17) is 38.7 Å². The van der Waals surface area contributed by atoms with E-state index < -0.39 is 99.0 Å². The highest BCUT2D eigenvalue weighted by Gasteiger charge is 2.34. The summed E-state index contributed by atoms with van der Waals surface area (Å²) in [5.41, 5.74) is 14.9. The van der Waals surface area contributed by atoms with Crippen LogP contribution in [0.5, 0.6) is 0 Å². The lowest BCUT2D eigenvalue weighted by Crippen LogP contribution is -2.53. The summed E-state index contributed by atoms with van der Waals surface area (Å²) in [5.74, 6) is -3.06. The molecule has 24 heteroatoms. The van der Waals surface area contributed by atoms with Crippen LogP contribution in [0.2, 0.25) is 5.15 Å². The molecule has 2 amide bonds. The molecule has 0 unspecified atom stereocenters. The van der Waals surface area contributed by atoms with E-state index in [9.17, 15) is 60.3 Å². The molecule has 9 atom stereocenters. The zero-order chi connectivity index (χ0) is 49.8. The molecule has 3 rings (SSSR count). The van der Waals surface area contributed by atoms with Crippen molar-refractivity contribution in [3.05, 3.63) is 70.5 Å². The molecule has 0 saturated carbocycles. The molecule has 1 heterocycles. The van der Waals surface area contributed by atoms with Crippen LogP contribution in [0, 0.1) is 5.41 Å². The van der Waals surface area contributed by atoms with Gasteiger partial charge in [-0.2, -0.15) is 0 Å². The van der Waals surface area contributed by atoms with Crippen LogP contribution < -0.4 is 27.4 Å². The number of nitrogens with two attached hydrogens (primary N) is 2. The van der Waals surface area contributed by atoms with Crippen LogP contribution in [0.1, 0.15) is 60.1 Å². The number of nitrogen functional groups attached to an aromatic ring is 2. The fourth-order valence-electron chi connectivity index (χ4n) is 6.82. The van der Waals surface area contributed by atoms with Gasteiger partial charge in [-0.05, 0) is 73.7 Å². The second-order valence-electron chi connectivity index (χ2n) is 16.1. The number of nitrogens with one attached hydrogen (secondary N) is 4. The molecule has 3 aromatic rings. The van der Waals surface area contributed by atoms with E-state index in [1.807, 2.05) is 48.5 Å². The lowest BCUT2D eigenvalue weighted by molar-refractivity contribution is -0.142. The quantitative estimate of drug-likeness (QED) is 0.0188. The molecule has 19 N–H and O–H groups in total. The van der Waals surface area contributed by atoms with Crippen molar-refractivity contribution in [2.24, 2.45) is 0 Å². The maximum atomic E-state index is 12.8. The van der Waals surface area contributed by atoms with Crippen molar-refractivity contribution in [3.63, 3.8) is 0 Å². The largest absolute Gasteiger partial charge is 0.480 e. The van der Waals surface area contributed by atoms with E-state index in [1.54, 1.807) is 0 Å². The first-order valence-electron chi connectivity index (χ1n) is 21.6. The summed E-state index contributed by atoms with van der Waals surface area (Å²) in [6, 6.07) is 14.4. The predicted octanol–water partition coefficient (Wildman–Crippen LogP) is -2.92. The van der Waals surface area contributed by atoms with E-state index in [-0.39, 0.29) is 60.7 Å². The number of hydrogen-bond acceptors (Lipinski definition) is 19. The van der Waals surface area contributed by atoms with Crippen LogP contribution in [0.25, 0.3) is 11.1 Å². The first-order chi connectivity index (χ1) is 31.7. The highest BCUT2D eigenvalue weighted by molar-refractivity contribution is 6.31. The van der Waals surface area contributed by atoms with E-state index in [1.165, 1.54) is 4.90 Å². The molecule has 0 bridgehead atoms. The van der Waals surface area contributed by atoms with Gasteiger partial charge in [0.2, 0.25) is 5.91 Å². The number of nitrogens with zero attached hydrogens (tertiary/aromatic N) is 3. The van der Waals surface area contributed by atoms with Gasteiger partial charge in [0.05, 0.1) is 25.4 Å². The number of aryl methyl sites for hydroxylation is 2. The number of anilines is 2. The Balaban J connectivity index is 1.43. The zero-order valence-electron chi connectivity index (χ0n) is 36.7. The number of aliphatic hydroxyl groups excluding tert-OH is 10.